The maximum absolute atomic E-state index is 11.8. The molecule has 1 aliphatic carbocycles. The molecular formula is C14H20O3. The van der Waals surface area contributed by atoms with Gasteiger partial charge in [-0.2, -0.15) is 0 Å². The van der Waals surface area contributed by atoms with Crippen LogP contribution in [0.3, 0.4) is 0 Å². The number of carbonyl (C=O) groups is 1. The minimum Gasteiger partial charge on any atom is -0.432 e. The molecule has 3 heteroatoms. The Morgan fingerprint density at radius 1 is 1.24 bits per heavy atom. The first-order valence-electron chi connectivity index (χ1n) is 6.72. The van der Waals surface area contributed by atoms with Crippen LogP contribution in [0.4, 0.5) is 0 Å². The minimum absolute atomic E-state index is 0.199. The second-order valence-corrected chi connectivity index (χ2v) is 5.70. The van der Waals surface area contributed by atoms with Crippen molar-refractivity contribution in [3.8, 4) is 0 Å². The van der Waals surface area contributed by atoms with Gasteiger partial charge >= 0.3 is 5.97 Å². The van der Waals surface area contributed by atoms with Gasteiger partial charge in [0.1, 0.15) is 0 Å². The standard InChI is InChI=1S/C14H20O3/c1-8-6-7-10-4-3-5-11-9(2)13(15)17-14(16-8)12(10)11/h8,10-12,14H,2-7H2,1H3. The summed E-state index contributed by atoms with van der Waals surface area (Å²) in [7, 11) is 0. The SMILES string of the molecule is C=C1C(=O)OC2OC(C)CCC3CCCC1C32. The number of hydrogen-bond donors (Lipinski definition) is 0. The van der Waals surface area contributed by atoms with Crippen LogP contribution in [0.5, 0.6) is 0 Å². The Kier molecular flexibility index (Phi) is 2.74. The van der Waals surface area contributed by atoms with Crippen LogP contribution in [0.25, 0.3) is 0 Å². The highest BCUT2D eigenvalue weighted by Crippen LogP contribution is 2.48. The van der Waals surface area contributed by atoms with Gasteiger partial charge in [-0.05, 0) is 44.4 Å². The van der Waals surface area contributed by atoms with E-state index in [1.54, 1.807) is 0 Å². The lowest BCUT2D eigenvalue weighted by Gasteiger charge is -2.44. The van der Waals surface area contributed by atoms with E-state index in [9.17, 15) is 4.79 Å². The van der Waals surface area contributed by atoms with Crippen LogP contribution in [0.2, 0.25) is 0 Å². The van der Waals surface area contributed by atoms with Gasteiger partial charge in [0.05, 0.1) is 6.10 Å². The molecule has 0 spiro atoms. The van der Waals surface area contributed by atoms with Crippen LogP contribution >= 0.6 is 0 Å². The predicted molar refractivity (Wildman–Crippen MR) is 63.1 cm³/mol. The molecule has 1 saturated carbocycles. The fourth-order valence-electron chi connectivity index (χ4n) is 3.74. The van der Waals surface area contributed by atoms with Gasteiger partial charge in [0.2, 0.25) is 6.29 Å². The number of ether oxygens (including phenoxy) is 2. The zero-order valence-corrected chi connectivity index (χ0v) is 10.4. The number of esters is 1. The molecule has 2 aliphatic heterocycles. The summed E-state index contributed by atoms with van der Waals surface area (Å²) in [6, 6.07) is 0. The van der Waals surface area contributed by atoms with Crippen molar-refractivity contribution in [3.05, 3.63) is 12.2 Å². The lowest BCUT2D eigenvalue weighted by Crippen LogP contribution is -2.46. The maximum atomic E-state index is 11.8. The summed E-state index contributed by atoms with van der Waals surface area (Å²) in [5.41, 5.74) is 0.675. The van der Waals surface area contributed by atoms with Crippen LogP contribution in [0.1, 0.15) is 39.0 Å². The third-order valence-corrected chi connectivity index (χ3v) is 4.66. The van der Waals surface area contributed by atoms with E-state index in [4.69, 9.17) is 9.47 Å². The van der Waals surface area contributed by atoms with Crippen molar-refractivity contribution in [3.63, 3.8) is 0 Å². The average molecular weight is 236 g/mol. The molecule has 0 N–H and O–H groups in total. The van der Waals surface area contributed by atoms with Crippen molar-refractivity contribution in [2.24, 2.45) is 17.8 Å². The topological polar surface area (TPSA) is 35.5 Å². The number of hydrogen-bond acceptors (Lipinski definition) is 3. The first-order valence-corrected chi connectivity index (χ1v) is 6.72. The highest BCUT2D eigenvalue weighted by molar-refractivity contribution is 5.89. The second-order valence-electron chi connectivity index (χ2n) is 5.70. The average Bonchev–Trinajstić information content (AvgIpc) is 2.47. The van der Waals surface area contributed by atoms with Crippen molar-refractivity contribution in [2.45, 2.75) is 51.4 Å². The smallest absolute Gasteiger partial charge is 0.336 e. The predicted octanol–water partition coefficient (Wildman–Crippen LogP) is 2.66. The van der Waals surface area contributed by atoms with E-state index in [1.165, 1.54) is 19.3 Å². The number of rotatable bonds is 0. The number of carbonyl (C=O) groups excluding carboxylic acids is 1. The summed E-state index contributed by atoms with van der Waals surface area (Å²) in [4.78, 5) is 11.8. The largest absolute Gasteiger partial charge is 0.432 e. The summed E-state index contributed by atoms with van der Waals surface area (Å²) < 4.78 is 11.3. The van der Waals surface area contributed by atoms with Gasteiger partial charge in [0.15, 0.2) is 0 Å². The minimum atomic E-state index is -0.319. The summed E-state index contributed by atoms with van der Waals surface area (Å²) in [5, 5.41) is 0. The van der Waals surface area contributed by atoms with Gasteiger partial charge in [-0.3, -0.25) is 0 Å². The van der Waals surface area contributed by atoms with Crippen LogP contribution in [-0.2, 0) is 14.3 Å². The van der Waals surface area contributed by atoms with Crippen LogP contribution in [0.15, 0.2) is 12.2 Å². The Balaban J connectivity index is 1.92. The second kappa shape index (κ2) is 4.13. The van der Waals surface area contributed by atoms with E-state index in [1.807, 2.05) is 0 Å². The van der Waals surface area contributed by atoms with Crippen molar-refractivity contribution in [2.75, 3.05) is 0 Å². The van der Waals surface area contributed by atoms with E-state index < -0.39 is 0 Å². The Labute approximate surface area is 102 Å². The monoisotopic (exact) mass is 236 g/mol. The highest BCUT2D eigenvalue weighted by atomic mass is 16.7. The third kappa shape index (κ3) is 1.81. The van der Waals surface area contributed by atoms with Gasteiger partial charge in [0.25, 0.3) is 0 Å². The van der Waals surface area contributed by atoms with E-state index in [-0.39, 0.29) is 18.4 Å². The normalized spacial score (nSPS) is 45.8. The molecule has 0 aromatic carbocycles. The molecule has 3 aliphatic rings. The molecule has 0 aromatic heterocycles. The fraction of sp³-hybridized carbons (Fsp3) is 0.786. The van der Waals surface area contributed by atoms with E-state index >= 15 is 0 Å². The Morgan fingerprint density at radius 3 is 2.88 bits per heavy atom. The van der Waals surface area contributed by atoms with Crippen molar-refractivity contribution in [1.29, 1.82) is 0 Å². The molecule has 94 valence electrons. The lowest BCUT2D eigenvalue weighted by atomic mass is 9.67. The van der Waals surface area contributed by atoms with E-state index in [2.05, 4.69) is 13.5 Å². The molecular weight excluding hydrogens is 216 g/mol. The summed E-state index contributed by atoms with van der Waals surface area (Å²) >= 11 is 0. The van der Waals surface area contributed by atoms with Crippen molar-refractivity contribution < 1.29 is 14.3 Å². The van der Waals surface area contributed by atoms with Gasteiger partial charge in [-0.25, -0.2) is 4.79 Å². The van der Waals surface area contributed by atoms with Crippen LogP contribution in [0, 0.1) is 17.8 Å². The van der Waals surface area contributed by atoms with Gasteiger partial charge in [-0.15, -0.1) is 0 Å². The molecule has 2 saturated heterocycles. The third-order valence-electron chi connectivity index (χ3n) is 4.66. The van der Waals surface area contributed by atoms with Crippen molar-refractivity contribution in [1.82, 2.24) is 0 Å². The molecule has 0 amide bonds. The maximum Gasteiger partial charge on any atom is 0.336 e. The first kappa shape index (κ1) is 11.3. The summed E-state index contributed by atoms with van der Waals surface area (Å²) in [5.74, 6) is 1.06. The summed E-state index contributed by atoms with van der Waals surface area (Å²) in [6.07, 6.45) is 5.69. The molecule has 0 aromatic rings. The zero-order valence-electron chi connectivity index (χ0n) is 10.4. The molecule has 5 atom stereocenters. The molecule has 0 bridgehead atoms. The van der Waals surface area contributed by atoms with Gasteiger partial charge < -0.3 is 9.47 Å². The van der Waals surface area contributed by atoms with E-state index in [0.29, 0.717) is 23.3 Å². The Bertz CT molecular complexity index is 349. The van der Waals surface area contributed by atoms with Crippen LogP contribution in [-0.4, -0.2) is 18.4 Å². The first-order chi connectivity index (χ1) is 8.16. The zero-order chi connectivity index (χ0) is 12.0. The lowest BCUT2D eigenvalue weighted by molar-refractivity contribution is -0.217. The van der Waals surface area contributed by atoms with Gasteiger partial charge in [0, 0.05) is 11.5 Å². The van der Waals surface area contributed by atoms with Crippen LogP contribution < -0.4 is 0 Å². The van der Waals surface area contributed by atoms with Crippen molar-refractivity contribution >= 4 is 5.97 Å². The summed E-state index contributed by atoms with van der Waals surface area (Å²) in [6.45, 7) is 6.00. The highest BCUT2D eigenvalue weighted by Gasteiger charge is 2.49. The molecule has 2 heterocycles. The molecule has 5 unspecified atom stereocenters. The molecule has 0 radical (unpaired) electrons. The van der Waals surface area contributed by atoms with E-state index in [0.717, 1.165) is 12.8 Å². The quantitative estimate of drug-likeness (QED) is 0.479. The van der Waals surface area contributed by atoms with Gasteiger partial charge in [-0.1, -0.05) is 13.0 Å². The molecule has 17 heavy (non-hydrogen) atoms. The Hall–Kier alpha value is -0.830. The molecule has 3 nitrogen and oxygen atoms in total. The molecule has 3 fully saturated rings. The molecule has 3 rings (SSSR count). The Morgan fingerprint density at radius 2 is 2.06 bits per heavy atom. The fourth-order valence-corrected chi connectivity index (χ4v) is 3.74.